The molecule has 2 nitrogen and oxygen atoms in total. The molecular formula is C14H16BrNO. The average molecular weight is 294 g/mol. The highest BCUT2D eigenvalue weighted by molar-refractivity contribution is 9.10. The van der Waals surface area contributed by atoms with Crippen molar-refractivity contribution < 1.29 is 4.42 Å². The van der Waals surface area contributed by atoms with Crippen molar-refractivity contribution in [1.82, 2.24) is 0 Å². The van der Waals surface area contributed by atoms with Crippen molar-refractivity contribution in [3.8, 4) is 0 Å². The number of rotatable bonds is 3. The van der Waals surface area contributed by atoms with Crippen molar-refractivity contribution in [2.75, 3.05) is 0 Å². The summed E-state index contributed by atoms with van der Waals surface area (Å²) in [5.74, 6) is 0. The van der Waals surface area contributed by atoms with E-state index in [-0.39, 0.29) is 6.04 Å². The number of aryl methyl sites for hydroxylation is 2. The van der Waals surface area contributed by atoms with Crippen LogP contribution in [0.3, 0.4) is 0 Å². The molecular weight excluding hydrogens is 278 g/mol. The monoisotopic (exact) mass is 293 g/mol. The Labute approximate surface area is 110 Å². The van der Waals surface area contributed by atoms with Gasteiger partial charge in [0.25, 0.3) is 0 Å². The molecule has 0 saturated heterocycles. The summed E-state index contributed by atoms with van der Waals surface area (Å²) in [6, 6.07) is 6.25. The molecule has 17 heavy (non-hydrogen) atoms. The maximum Gasteiger partial charge on any atom is 0.0935 e. The zero-order valence-corrected chi connectivity index (χ0v) is 11.6. The Kier molecular flexibility index (Phi) is 3.69. The minimum Gasteiger partial charge on any atom is -0.472 e. The summed E-state index contributed by atoms with van der Waals surface area (Å²) < 4.78 is 6.22. The van der Waals surface area contributed by atoms with Crippen LogP contribution < -0.4 is 5.73 Å². The summed E-state index contributed by atoms with van der Waals surface area (Å²) in [4.78, 5) is 0. The Morgan fingerprint density at radius 2 is 1.94 bits per heavy atom. The number of hydrogen-bond acceptors (Lipinski definition) is 2. The van der Waals surface area contributed by atoms with Crippen LogP contribution in [0.15, 0.2) is 39.6 Å². The lowest BCUT2D eigenvalue weighted by Gasteiger charge is -2.14. The van der Waals surface area contributed by atoms with Crippen LogP contribution in [0.4, 0.5) is 0 Å². The first kappa shape index (κ1) is 12.4. The zero-order chi connectivity index (χ0) is 12.4. The summed E-state index contributed by atoms with van der Waals surface area (Å²) in [6.07, 6.45) is 4.23. The highest BCUT2D eigenvalue weighted by Crippen LogP contribution is 2.26. The van der Waals surface area contributed by atoms with E-state index in [2.05, 4.69) is 41.9 Å². The third-order valence-electron chi connectivity index (χ3n) is 2.92. The largest absolute Gasteiger partial charge is 0.472 e. The van der Waals surface area contributed by atoms with Crippen molar-refractivity contribution in [3.05, 3.63) is 57.5 Å². The van der Waals surface area contributed by atoms with Gasteiger partial charge < -0.3 is 10.2 Å². The van der Waals surface area contributed by atoms with E-state index in [1.165, 1.54) is 16.7 Å². The van der Waals surface area contributed by atoms with Crippen LogP contribution in [0.25, 0.3) is 0 Å². The quantitative estimate of drug-likeness (QED) is 0.932. The molecule has 0 spiro atoms. The Morgan fingerprint density at radius 1 is 1.29 bits per heavy atom. The Morgan fingerprint density at radius 3 is 2.47 bits per heavy atom. The van der Waals surface area contributed by atoms with Gasteiger partial charge >= 0.3 is 0 Å². The van der Waals surface area contributed by atoms with Crippen molar-refractivity contribution >= 4 is 15.9 Å². The van der Waals surface area contributed by atoms with Gasteiger partial charge in [-0.25, -0.2) is 0 Å². The van der Waals surface area contributed by atoms with E-state index < -0.39 is 0 Å². The first-order valence-electron chi connectivity index (χ1n) is 5.61. The summed E-state index contributed by atoms with van der Waals surface area (Å²) in [5.41, 5.74) is 11.0. The van der Waals surface area contributed by atoms with Gasteiger partial charge in [-0.05, 0) is 48.6 Å². The van der Waals surface area contributed by atoms with E-state index in [1.54, 1.807) is 12.5 Å². The van der Waals surface area contributed by atoms with E-state index >= 15 is 0 Å². The van der Waals surface area contributed by atoms with Gasteiger partial charge in [-0.1, -0.05) is 28.1 Å². The molecule has 3 heteroatoms. The number of halogens is 1. The first-order valence-corrected chi connectivity index (χ1v) is 6.40. The highest BCUT2D eigenvalue weighted by atomic mass is 79.9. The van der Waals surface area contributed by atoms with E-state index in [4.69, 9.17) is 10.2 Å². The van der Waals surface area contributed by atoms with Crippen LogP contribution in [0.5, 0.6) is 0 Å². The molecule has 2 aromatic rings. The van der Waals surface area contributed by atoms with Crippen molar-refractivity contribution in [3.63, 3.8) is 0 Å². The van der Waals surface area contributed by atoms with Crippen LogP contribution >= 0.6 is 15.9 Å². The lowest BCUT2D eigenvalue weighted by Crippen LogP contribution is -2.13. The van der Waals surface area contributed by atoms with E-state index in [1.807, 2.05) is 6.07 Å². The SMILES string of the molecule is Cc1cc(C(N)Cc2ccoc2)cc(C)c1Br. The fraction of sp³-hybridized carbons (Fsp3) is 0.286. The van der Waals surface area contributed by atoms with Gasteiger partial charge in [0.1, 0.15) is 0 Å². The number of nitrogens with two attached hydrogens (primary N) is 1. The summed E-state index contributed by atoms with van der Waals surface area (Å²) in [6.45, 7) is 4.18. The third-order valence-corrected chi connectivity index (χ3v) is 4.17. The first-order chi connectivity index (χ1) is 8.08. The molecule has 1 atom stereocenters. The fourth-order valence-electron chi connectivity index (χ4n) is 1.97. The molecule has 0 fully saturated rings. The molecule has 0 aliphatic rings. The van der Waals surface area contributed by atoms with Crippen LogP contribution in [0, 0.1) is 13.8 Å². The molecule has 0 saturated carbocycles. The van der Waals surface area contributed by atoms with Gasteiger partial charge in [-0.3, -0.25) is 0 Å². The van der Waals surface area contributed by atoms with Gasteiger partial charge in [0, 0.05) is 10.5 Å². The molecule has 0 radical (unpaired) electrons. The molecule has 1 heterocycles. The number of furan rings is 1. The second kappa shape index (κ2) is 5.07. The van der Waals surface area contributed by atoms with Gasteiger partial charge in [0.2, 0.25) is 0 Å². The third kappa shape index (κ3) is 2.79. The highest BCUT2D eigenvalue weighted by Gasteiger charge is 2.10. The van der Waals surface area contributed by atoms with Crippen molar-refractivity contribution in [2.45, 2.75) is 26.3 Å². The minimum atomic E-state index is 0.0121. The smallest absolute Gasteiger partial charge is 0.0935 e. The summed E-state index contributed by atoms with van der Waals surface area (Å²) >= 11 is 3.57. The fourth-order valence-corrected chi connectivity index (χ4v) is 2.20. The van der Waals surface area contributed by atoms with E-state index in [0.717, 1.165) is 16.5 Å². The van der Waals surface area contributed by atoms with Gasteiger partial charge in [-0.15, -0.1) is 0 Å². The van der Waals surface area contributed by atoms with Gasteiger partial charge in [-0.2, -0.15) is 0 Å². The second-order valence-electron chi connectivity index (χ2n) is 4.41. The molecule has 1 unspecified atom stereocenters. The van der Waals surface area contributed by atoms with Crippen molar-refractivity contribution in [2.24, 2.45) is 5.73 Å². The topological polar surface area (TPSA) is 39.2 Å². The van der Waals surface area contributed by atoms with Crippen LogP contribution in [0.1, 0.15) is 28.3 Å². The molecule has 1 aromatic heterocycles. The van der Waals surface area contributed by atoms with Crippen LogP contribution in [0.2, 0.25) is 0 Å². The molecule has 0 aliphatic heterocycles. The number of hydrogen-bond donors (Lipinski definition) is 1. The summed E-state index contributed by atoms with van der Waals surface area (Å²) in [7, 11) is 0. The Balaban J connectivity index is 2.22. The average Bonchev–Trinajstić information content (AvgIpc) is 2.77. The molecule has 0 aliphatic carbocycles. The van der Waals surface area contributed by atoms with Crippen LogP contribution in [-0.4, -0.2) is 0 Å². The molecule has 2 rings (SSSR count). The van der Waals surface area contributed by atoms with E-state index in [9.17, 15) is 0 Å². The standard InChI is InChI=1S/C14H16BrNO/c1-9-5-12(6-10(2)14(9)15)13(16)7-11-3-4-17-8-11/h3-6,8,13H,7,16H2,1-2H3. The van der Waals surface area contributed by atoms with Crippen molar-refractivity contribution in [1.29, 1.82) is 0 Å². The normalized spacial score (nSPS) is 12.7. The minimum absolute atomic E-state index is 0.0121. The molecule has 90 valence electrons. The van der Waals surface area contributed by atoms with Crippen LogP contribution in [-0.2, 0) is 6.42 Å². The predicted octanol–water partition coefficient (Wildman–Crippen LogP) is 3.90. The lowest BCUT2D eigenvalue weighted by atomic mass is 9.98. The predicted molar refractivity (Wildman–Crippen MR) is 73.0 cm³/mol. The Hall–Kier alpha value is -1.06. The zero-order valence-electron chi connectivity index (χ0n) is 10.0. The molecule has 0 amide bonds. The second-order valence-corrected chi connectivity index (χ2v) is 5.20. The van der Waals surface area contributed by atoms with Gasteiger partial charge in [0.15, 0.2) is 0 Å². The van der Waals surface area contributed by atoms with E-state index in [0.29, 0.717) is 0 Å². The summed E-state index contributed by atoms with van der Waals surface area (Å²) in [5, 5.41) is 0. The molecule has 1 aromatic carbocycles. The maximum absolute atomic E-state index is 6.22. The van der Waals surface area contributed by atoms with Gasteiger partial charge in [0.05, 0.1) is 12.5 Å². The molecule has 2 N–H and O–H groups in total. The number of benzene rings is 1. The Bertz CT molecular complexity index is 482. The lowest BCUT2D eigenvalue weighted by molar-refractivity contribution is 0.561. The maximum atomic E-state index is 6.22. The molecule has 0 bridgehead atoms.